The summed E-state index contributed by atoms with van der Waals surface area (Å²) in [7, 11) is -6.93. The van der Waals surface area contributed by atoms with Gasteiger partial charge in [-0.25, -0.2) is 5.84 Å². The van der Waals surface area contributed by atoms with Crippen LogP contribution in [0.5, 0.6) is 0 Å². The number of alkyl halides is 2. The molecule has 0 bridgehead atoms. The lowest BCUT2D eigenvalue weighted by molar-refractivity contribution is -0.121. The van der Waals surface area contributed by atoms with Crippen molar-refractivity contribution in [3.8, 4) is 0 Å². The van der Waals surface area contributed by atoms with E-state index in [0.717, 1.165) is 68.5 Å². The average Bonchev–Trinajstić information content (AvgIpc) is 3.21. The zero-order chi connectivity index (χ0) is 45.8. The summed E-state index contributed by atoms with van der Waals surface area (Å²) < 4.78 is 53.1. The van der Waals surface area contributed by atoms with Gasteiger partial charge in [0.05, 0.1) is 24.4 Å². The Labute approximate surface area is 361 Å². The first-order chi connectivity index (χ1) is 27.6. The molecule has 0 spiro atoms. The topological polar surface area (TPSA) is 330 Å². The molecular formula is C36H77BrClN3O15S2. The van der Waals surface area contributed by atoms with Gasteiger partial charge in [-0.05, 0) is 109 Å². The summed E-state index contributed by atoms with van der Waals surface area (Å²) in [6, 6.07) is 6.50. The zero-order valence-electron chi connectivity index (χ0n) is 34.6. The van der Waals surface area contributed by atoms with Gasteiger partial charge in [-0.15, -0.1) is 11.6 Å². The Morgan fingerprint density at radius 3 is 1.33 bits per heavy atom. The lowest BCUT2D eigenvalue weighted by atomic mass is 10.2. The SMILES string of the molecule is CS(=O)(=O)OCCCCO.Cc1ccc(S(=O)(=O)OCCCCO)cc1.NCCCCO.NNC(=O)CCCO.OCCCCBr.OCCCCCl.OCCCCO. The number of hydrogen-bond acceptors (Lipinski definition) is 17. The van der Waals surface area contributed by atoms with Gasteiger partial charge in [0.1, 0.15) is 0 Å². The van der Waals surface area contributed by atoms with Crippen molar-refractivity contribution in [2.24, 2.45) is 11.6 Å². The first kappa shape index (κ1) is 68.6. The van der Waals surface area contributed by atoms with E-state index < -0.39 is 20.2 Å². The molecule has 0 aliphatic rings. The van der Waals surface area contributed by atoms with Crippen LogP contribution in [0, 0.1) is 6.92 Å². The molecule has 18 nitrogen and oxygen atoms in total. The maximum absolute atomic E-state index is 11.6. The molecule has 0 unspecified atom stereocenters. The summed E-state index contributed by atoms with van der Waals surface area (Å²) in [6.07, 6.45) is 11.0. The van der Waals surface area contributed by atoms with E-state index >= 15 is 0 Å². The van der Waals surface area contributed by atoms with E-state index in [-0.39, 0.29) is 70.3 Å². The van der Waals surface area contributed by atoms with Crippen LogP contribution in [0.3, 0.4) is 0 Å². The predicted molar refractivity (Wildman–Crippen MR) is 232 cm³/mol. The smallest absolute Gasteiger partial charge is 0.296 e. The fraction of sp³-hybridized carbons (Fsp3) is 0.806. The van der Waals surface area contributed by atoms with Gasteiger partial charge in [0, 0.05) is 70.5 Å². The molecule has 1 rings (SSSR count). The van der Waals surface area contributed by atoms with Crippen molar-refractivity contribution in [2.75, 3.05) is 90.1 Å². The average molecular weight is 972 g/mol. The highest BCUT2D eigenvalue weighted by Crippen LogP contribution is 2.13. The van der Waals surface area contributed by atoms with Crippen LogP contribution in [-0.2, 0) is 33.4 Å². The Hall–Kier alpha value is -1.12. The number of rotatable bonds is 26. The number of hydrogen-bond donors (Lipinski definition) is 11. The number of hydrazine groups is 1. The Morgan fingerprint density at radius 2 is 1.02 bits per heavy atom. The number of carbonyl (C=O) groups is 1. The number of unbranched alkanes of at least 4 members (excludes halogenated alkanes) is 6. The molecule has 0 saturated heterocycles. The molecule has 1 aromatic carbocycles. The van der Waals surface area contributed by atoms with Crippen molar-refractivity contribution in [1.82, 2.24) is 5.43 Å². The third-order valence-electron chi connectivity index (χ3n) is 5.94. The number of carbonyl (C=O) groups excluding carboxylic acids is 1. The molecule has 13 N–H and O–H groups in total. The summed E-state index contributed by atoms with van der Waals surface area (Å²) in [4.78, 5) is 10.4. The number of amides is 1. The van der Waals surface area contributed by atoms with E-state index in [1.54, 1.807) is 12.1 Å². The summed E-state index contributed by atoms with van der Waals surface area (Å²) >= 11 is 8.51. The van der Waals surface area contributed by atoms with Crippen molar-refractivity contribution >= 4 is 53.7 Å². The minimum Gasteiger partial charge on any atom is -0.396 e. The second-order valence-electron chi connectivity index (χ2n) is 11.5. The molecule has 0 saturated carbocycles. The standard InChI is InChI=1S/C11H16O4S.C5H12O4S.C4H9BrO.C4H9ClO.C4H10N2O2.C4H11NO.C4H10O2/c1-10-4-6-11(7-5-10)16(13,14)15-9-3-2-8-12;1-10(7,8)9-5-3-2-4-6;2*5-3-1-2-4-6;5-6-4(8)2-1-3-7;2*5-3-1-2-4-6/h4-7,12H,2-3,8-9H2,1H3;6H,2-5H2,1H3;2*6H,1-4H2;7H,1-3,5H2,(H,6,8);6H,1-5H2;5-6H,1-4H2. The predicted octanol–water partition coefficient (Wildman–Crippen LogP) is 1.58. The van der Waals surface area contributed by atoms with Crippen LogP contribution in [0.1, 0.15) is 95.5 Å². The van der Waals surface area contributed by atoms with E-state index in [9.17, 15) is 21.6 Å². The zero-order valence-corrected chi connectivity index (χ0v) is 38.5. The van der Waals surface area contributed by atoms with Crippen LogP contribution < -0.4 is 17.0 Å². The first-order valence-electron chi connectivity index (χ1n) is 19.1. The van der Waals surface area contributed by atoms with Gasteiger partial charge < -0.3 is 46.6 Å². The van der Waals surface area contributed by atoms with Crippen LogP contribution in [-0.4, -0.2) is 154 Å². The molecular weight excluding hydrogens is 894 g/mol. The number of aryl methyl sites for hydroxylation is 1. The molecule has 1 amide bonds. The second kappa shape index (κ2) is 58.0. The fourth-order valence-electron chi connectivity index (χ4n) is 2.78. The molecule has 22 heteroatoms. The second-order valence-corrected chi connectivity index (χ2v) is 15.9. The van der Waals surface area contributed by atoms with Crippen molar-refractivity contribution in [3.05, 3.63) is 29.8 Å². The molecule has 352 valence electrons. The molecule has 0 atom stereocenters. The first-order valence-corrected chi connectivity index (χ1v) is 24.0. The highest BCUT2D eigenvalue weighted by atomic mass is 79.9. The number of benzene rings is 1. The molecule has 0 radical (unpaired) electrons. The van der Waals surface area contributed by atoms with Crippen LogP contribution in [0.2, 0.25) is 0 Å². The summed E-state index contributed by atoms with van der Waals surface area (Å²) in [5, 5.41) is 66.7. The number of halogens is 2. The van der Waals surface area contributed by atoms with Gasteiger partial charge in [-0.2, -0.15) is 16.8 Å². The van der Waals surface area contributed by atoms with Crippen LogP contribution in [0.4, 0.5) is 0 Å². The maximum atomic E-state index is 11.6. The van der Waals surface area contributed by atoms with Crippen LogP contribution in [0.25, 0.3) is 0 Å². The van der Waals surface area contributed by atoms with Gasteiger partial charge in [0.2, 0.25) is 5.91 Å². The van der Waals surface area contributed by atoms with E-state index in [2.05, 4.69) is 20.1 Å². The molecule has 0 fully saturated rings. The van der Waals surface area contributed by atoms with E-state index in [1.165, 1.54) is 12.1 Å². The van der Waals surface area contributed by atoms with E-state index in [1.807, 2.05) is 12.3 Å². The Bertz CT molecular complexity index is 1080. The monoisotopic (exact) mass is 969 g/mol. The van der Waals surface area contributed by atoms with Gasteiger partial charge in [-0.3, -0.25) is 18.6 Å². The fourth-order valence-corrected chi connectivity index (χ4v) is 4.73. The van der Waals surface area contributed by atoms with Crippen molar-refractivity contribution < 1.29 is 70.8 Å². The third kappa shape index (κ3) is 72.5. The van der Waals surface area contributed by atoms with Crippen LogP contribution >= 0.6 is 27.5 Å². The number of nitrogens with one attached hydrogen (secondary N) is 1. The quantitative estimate of drug-likeness (QED) is 0.0157. The third-order valence-corrected chi connectivity index (χ3v) is 8.68. The molecule has 0 heterocycles. The summed E-state index contributed by atoms with van der Waals surface area (Å²) in [5.74, 6) is 5.16. The van der Waals surface area contributed by atoms with Crippen molar-refractivity contribution in [2.45, 2.75) is 102 Å². The molecule has 0 aromatic heterocycles. The summed E-state index contributed by atoms with van der Waals surface area (Å²) in [5.41, 5.74) is 8.05. The lowest BCUT2D eigenvalue weighted by Crippen LogP contribution is -2.29. The van der Waals surface area contributed by atoms with Gasteiger partial charge in [0.25, 0.3) is 20.2 Å². The van der Waals surface area contributed by atoms with Gasteiger partial charge in [-0.1, -0.05) is 33.6 Å². The van der Waals surface area contributed by atoms with Crippen molar-refractivity contribution in [1.29, 1.82) is 0 Å². The minimum atomic E-state index is -3.64. The number of nitrogens with two attached hydrogens (primary N) is 2. The Balaban J connectivity index is -0.000000142. The lowest BCUT2D eigenvalue weighted by Gasteiger charge is -2.05. The summed E-state index contributed by atoms with van der Waals surface area (Å²) in [6.45, 7) is 4.28. The van der Waals surface area contributed by atoms with Gasteiger partial charge in [0.15, 0.2) is 0 Å². The molecule has 0 aliphatic carbocycles. The number of aliphatic hydroxyl groups excluding tert-OH is 8. The normalized spacial score (nSPS) is 10.2. The number of aliphatic hydroxyl groups is 8. The Kier molecular flexibility index (Phi) is 68.6. The molecule has 1 aromatic rings. The largest absolute Gasteiger partial charge is 0.396 e. The Morgan fingerprint density at radius 1 is 0.638 bits per heavy atom. The minimum absolute atomic E-state index is 0.0351. The van der Waals surface area contributed by atoms with E-state index in [0.29, 0.717) is 57.6 Å². The van der Waals surface area contributed by atoms with Gasteiger partial charge >= 0.3 is 0 Å². The molecule has 58 heavy (non-hydrogen) atoms. The van der Waals surface area contributed by atoms with Crippen LogP contribution in [0.15, 0.2) is 29.2 Å². The highest BCUT2D eigenvalue weighted by Gasteiger charge is 2.14. The highest BCUT2D eigenvalue weighted by molar-refractivity contribution is 9.09. The van der Waals surface area contributed by atoms with E-state index in [4.69, 9.17) is 68.2 Å². The molecule has 0 aliphatic heterocycles. The maximum Gasteiger partial charge on any atom is 0.296 e. The van der Waals surface area contributed by atoms with Crippen molar-refractivity contribution in [3.63, 3.8) is 0 Å².